The molecule has 3 rings (SSSR count). The van der Waals surface area contributed by atoms with Gasteiger partial charge >= 0.3 is 0 Å². The van der Waals surface area contributed by atoms with E-state index in [0.29, 0.717) is 28.3 Å². The number of hydrogen-bond acceptors (Lipinski definition) is 2. The van der Waals surface area contributed by atoms with Crippen LogP contribution in [0.1, 0.15) is 39.0 Å². The first-order valence-corrected chi connectivity index (χ1v) is 9.33. The maximum atomic E-state index is 12.9. The molecule has 2 unspecified atom stereocenters. The van der Waals surface area contributed by atoms with E-state index in [1.165, 1.54) is 6.42 Å². The van der Waals surface area contributed by atoms with Gasteiger partial charge in [0.1, 0.15) is 0 Å². The predicted octanol–water partition coefficient (Wildman–Crippen LogP) is 4.14. The molecular formula is C18H22Cl2N2O2. The fourth-order valence-corrected chi connectivity index (χ4v) is 4.39. The molecule has 130 valence electrons. The summed E-state index contributed by atoms with van der Waals surface area (Å²) in [6.07, 6.45) is 4.47. The van der Waals surface area contributed by atoms with Gasteiger partial charge in [0.2, 0.25) is 11.8 Å². The van der Waals surface area contributed by atoms with Gasteiger partial charge in [0, 0.05) is 25.6 Å². The lowest BCUT2D eigenvalue weighted by atomic mass is 9.97. The number of amides is 2. The van der Waals surface area contributed by atoms with E-state index in [9.17, 15) is 9.59 Å². The van der Waals surface area contributed by atoms with E-state index in [2.05, 4.69) is 6.92 Å². The molecule has 2 atom stereocenters. The Kier molecular flexibility index (Phi) is 5.36. The minimum Gasteiger partial charge on any atom is -0.339 e. The molecule has 0 aromatic heterocycles. The van der Waals surface area contributed by atoms with Crippen LogP contribution in [0.5, 0.6) is 0 Å². The smallest absolute Gasteiger partial charge is 0.228 e. The molecule has 4 nitrogen and oxygen atoms in total. The average molecular weight is 369 g/mol. The number of halogens is 2. The van der Waals surface area contributed by atoms with Gasteiger partial charge in [0.05, 0.1) is 21.7 Å². The van der Waals surface area contributed by atoms with Gasteiger partial charge in [0.25, 0.3) is 0 Å². The zero-order chi connectivity index (χ0) is 17.3. The molecule has 2 heterocycles. The fourth-order valence-electron chi connectivity index (χ4n) is 3.79. The van der Waals surface area contributed by atoms with Crippen LogP contribution in [0.25, 0.3) is 0 Å². The SMILES string of the molecule is CCC1CCCCN1C(=O)C1CC(=O)N(c2c(Cl)cccc2Cl)C1. The Morgan fingerprint density at radius 3 is 2.62 bits per heavy atom. The van der Waals surface area contributed by atoms with Gasteiger partial charge in [-0.15, -0.1) is 0 Å². The predicted molar refractivity (Wildman–Crippen MR) is 96.6 cm³/mol. The van der Waals surface area contributed by atoms with Crippen molar-refractivity contribution in [3.05, 3.63) is 28.2 Å². The Hall–Kier alpha value is -1.26. The third kappa shape index (κ3) is 3.27. The van der Waals surface area contributed by atoms with Crippen molar-refractivity contribution >= 4 is 40.7 Å². The molecular weight excluding hydrogens is 347 g/mol. The molecule has 6 heteroatoms. The first kappa shape index (κ1) is 17.6. The van der Waals surface area contributed by atoms with Crippen molar-refractivity contribution in [1.82, 2.24) is 4.90 Å². The molecule has 2 saturated heterocycles. The van der Waals surface area contributed by atoms with Crippen molar-refractivity contribution < 1.29 is 9.59 Å². The number of nitrogens with zero attached hydrogens (tertiary/aromatic N) is 2. The maximum absolute atomic E-state index is 12.9. The number of carbonyl (C=O) groups is 2. The van der Waals surface area contributed by atoms with Crippen LogP contribution in [0, 0.1) is 5.92 Å². The zero-order valence-corrected chi connectivity index (χ0v) is 15.3. The third-order valence-corrected chi connectivity index (χ3v) is 5.67. The summed E-state index contributed by atoms with van der Waals surface area (Å²) >= 11 is 12.4. The van der Waals surface area contributed by atoms with E-state index in [1.54, 1.807) is 23.1 Å². The van der Waals surface area contributed by atoms with Crippen LogP contribution in [-0.2, 0) is 9.59 Å². The monoisotopic (exact) mass is 368 g/mol. The number of benzene rings is 1. The van der Waals surface area contributed by atoms with Crippen LogP contribution in [0.3, 0.4) is 0 Å². The average Bonchev–Trinajstić information content (AvgIpc) is 2.95. The lowest BCUT2D eigenvalue weighted by Gasteiger charge is -2.36. The lowest BCUT2D eigenvalue weighted by molar-refractivity contribution is -0.139. The summed E-state index contributed by atoms with van der Waals surface area (Å²) < 4.78 is 0. The summed E-state index contributed by atoms with van der Waals surface area (Å²) in [6, 6.07) is 5.47. The molecule has 0 saturated carbocycles. The van der Waals surface area contributed by atoms with Gasteiger partial charge in [-0.2, -0.15) is 0 Å². The highest BCUT2D eigenvalue weighted by Gasteiger charge is 2.40. The Morgan fingerprint density at radius 1 is 1.25 bits per heavy atom. The second kappa shape index (κ2) is 7.32. The van der Waals surface area contributed by atoms with Crippen molar-refractivity contribution in [3.63, 3.8) is 0 Å². The van der Waals surface area contributed by atoms with Gasteiger partial charge in [-0.25, -0.2) is 0 Å². The molecule has 1 aromatic rings. The normalized spacial score (nSPS) is 24.5. The van der Waals surface area contributed by atoms with Gasteiger partial charge in [-0.05, 0) is 37.8 Å². The number of rotatable bonds is 3. The number of carbonyl (C=O) groups excluding carboxylic acids is 2. The highest BCUT2D eigenvalue weighted by molar-refractivity contribution is 6.40. The lowest BCUT2D eigenvalue weighted by Crippen LogP contribution is -2.46. The van der Waals surface area contributed by atoms with Gasteiger partial charge in [0.15, 0.2) is 0 Å². The fraction of sp³-hybridized carbons (Fsp3) is 0.556. The second-order valence-electron chi connectivity index (χ2n) is 6.57. The van der Waals surface area contributed by atoms with Gasteiger partial charge in [-0.3, -0.25) is 9.59 Å². The van der Waals surface area contributed by atoms with Crippen LogP contribution >= 0.6 is 23.2 Å². The minimum absolute atomic E-state index is 0.0894. The highest BCUT2D eigenvalue weighted by atomic mass is 35.5. The molecule has 2 aliphatic rings. The van der Waals surface area contributed by atoms with Crippen molar-refractivity contribution in [1.29, 1.82) is 0 Å². The van der Waals surface area contributed by atoms with Gasteiger partial charge in [-0.1, -0.05) is 36.2 Å². The Labute approximate surface area is 152 Å². The molecule has 0 N–H and O–H groups in total. The quantitative estimate of drug-likeness (QED) is 0.804. The summed E-state index contributed by atoms with van der Waals surface area (Å²) in [6.45, 7) is 3.27. The van der Waals surface area contributed by atoms with Crippen molar-refractivity contribution in [2.45, 2.75) is 45.1 Å². The molecule has 0 bridgehead atoms. The largest absolute Gasteiger partial charge is 0.339 e. The minimum atomic E-state index is -0.308. The van der Waals surface area contributed by atoms with E-state index in [-0.39, 0.29) is 24.2 Å². The topological polar surface area (TPSA) is 40.6 Å². The Bertz CT molecular complexity index is 630. The second-order valence-corrected chi connectivity index (χ2v) is 7.38. The van der Waals surface area contributed by atoms with Crippen LogP contribution in [0.15, 0.2) is 18.2 Å². The standard InChI is InChI=1S/C18H22Cl2N2O2/c1-2-13-6-3-4-9-21(13)18(24)12-10-16(23)22(11-12)17-14(19)7-5-8-15(17)20/h5,7-8,12-13H,2-4,6,9-11H2,1H3. The molecule has 0 aliphatic carbocycles. The molecule has 24 heavy (non-hydrogen) atoms. The van der Waals surface area contributed by atoms with Crippen molar-refractivity contribution in [3.8, 4) is 0 Å². The molecule has 2 amide bonds. The summed E-state index contributed by atoms with van der Waals surface area (Å²) in [5, 5.41) is 0.877. The van der Waals surface area contributed by atoms with Crippen LogP contribution in [-0.4, -0.2) is 35.8 Å². The van der Waals surface area contributed by atoms with Gasteiger partial charge < -0.3 is 9.80 Å². The molecule has 2 fully saturated rings. The van der Waals surface area contributed by atoms with E-state index in [1.807, 2.05) is 4.90 Å². The Balaban J connectivity index is 1.78. The van der Waals surface area contributed by atoms with E-state index in [0.717, 1.165) is 25.8 Å². The van der Waals surface area contributed by atoms with Crippen molar-refractivity contribution in [2.24, 2.45) is 5.92 Å². The number of likely N-dealkylation sites (tertiary alicyclic amines) is 1. The first-order valence-electron chi connectivity index (χ1n) is 8.57. The van der Waals surface area contributed by atoms with E-state index < -0.39 is 0 Å². The van der Waals surface area contributed by atoms with Crippen LogP contribution in [0.4, 0.5) is 5.69 Å². The number of hydrogen-bond donors (Lipinski definition) is 0. The number of anilines is 1. The molecule has 0 radical (unpaired) electrons. The zero-order valence-electron chi connectivity index (χ0n) is 13.8. The molecule has 2 aliphatic heterocycles. The summed E-state index contributed by atoms with van der Waals surface area (Å²) in [5.74, 6) is -0.300. The number of piperidine rings is 1. The highest BCUT2D eigenvalue weighted by Crippen LogP contribution is 2.37. The molecule has 1 aromatic carbocycles. The van der Waals surface area contributed by atoms with Crippen molar-refractivity contribution in [2.75, 3.05) is 18.0 Å². The summed E-state index contributed by atoms with van der Waals surface area (Å²) in [5.41, 5.74) is 0.520. The number of para-hydroxylation sites is 1. The van der Waals surface area contributed by atoms with E-state index in [4.69, 9.17) is 23.2 Å². The third-order valence-electron chi connectivity index (χ3n) is 5.06. The first-order chi connectivity index (χ1) is 11.5. The Morgan fingerprint density at radius 2 is 1.96 bits per heavy atom. The summed E-state index contributed by atoms with van der Waals surface area (Å²) in [7, 11) is 0. The molecule has 0 spiro atoms. The van der Waals surface area contributed by atoms with Crippen LogP contribution < -0.4 is 4.90 Å². The maximum Gasteiger partial charge on any atom is 0.228 e. The van der Waals surface area contributed by atoms with E-state index >= 15 is 0 Å². The van der Waals surface area contributed by atoms with Crippen LogP contribution in [0.2, 0.25) is 10.0 Å². The summed E-state index contributed by atoms with van der Waals surface area (Å²) in [4.78, 5) is 29.0.